The lowest BCUT2D eigenvalue weighted by atomic mass is 10.3. The first-order chi connectivity index (χ1) is 7.27. The molecular weight excluding hydrogens is 212 g/mol. The molecule has 0 aliphatic carbocycles. The van der Waals surface area contributed by atoms with E-state index >= 15 is 0 Å². The van der Waals surface area contributed by atoms with Crippen LogP contribution in [-0.4, -0.2) is 18.6 Å². The molecule has 1 aromatic rings. The fourth-order valence-corrected chi connectivity index (χ4v) is 1.27. The number of hydrogen-bond donors (Lipinski definition) is 0. The van der Waals surface area contributed by atoms with Gasteiger partial charge in [0.2, 0.25) is 5.78 Å². The SMILES string of the molecule is C#CCO/C(=C/C(=O)c1ccco1)SC. The third-order valence-corrected chi connectivity index (χ3v) is 2.15. The van der Waals surface area contributed by atoms with Crippen molar-refractivity contribution in [2.45, 2.75) is 0 Å². The number of terminal acetylenes is 1. The van der Waals surface area contributed by atoms with Gasteiger partial charge in [-0.25, -0.2) is 0 Å². The minimum absolute atomic E-state index is 0.151. The van der Waals surface area contributed by atoms with Crippen LogP contribution in [-0.2, 0) is 4.74 Å². The molecule has 4 heteroatoms. The monoisotopic (exact) mass is 222 g/mol. The van der Waals surface area contributed by atoms with Crippen LogP contribution in [0.1, 0.15) is 10.6 Å². The Hall–Kier alpha value is -1.60. The van der Waals surface area contributed by atoms with Crippen molar-refractivity contribution in [1.29, 1.82) is 0 Å². The quantitative estimate of drug-likeness (QED) is 0.332. The molecule has 0 atom stereocenters. The molecule has 1 heterocycles. The topological polar surface area (TPSA) is 39.4 Å². The third kappa shape index (κ3) is 3.56. The number of carbonyl (C=O) groups is 1. The summed E-state index contributed by atoms with van der Waals surface area (Å²) >= 11 is 1.32. The van der Waals surface area contributed by atoms with E-state index in [0.29, 0.717) is 5.09 Å². The first kappa shape index (κ1) is 11.5. The predicted molar refractivity (Wildman–Crippen MR) is 59.4 cm³/mol. The number of ketones is 1. The highest BCUT2D eigenvalue weighted by Gasteiger charge is 2.07. The molecule has 0 unspecified atom stereocenters. The molecule has 0 aliphatic heterocycles. The van der Waals surface area contributed by atoms with E-state index in [1.165, 1.54) is 24.1 Å². The van der Waals surface area contributed by atoms with Gasteiger partial charge in [0.15, 0.2) is 10.9 Å². The first-order valence-corrected chi connectivity index (χ1v) is 5.40. The highest BCUT2D eigenvalue weighted by Crippen LogP contribution is 2.14. The van der Waals surface area contributed by atoms with Crippen LogP contribution in [0, 0.1) is 12.3 Å². The van der Waals surface area contributed by atoms with E-state index in [9.17, 15) is 4.79 Å². The van der Waals surface area contributed by atoms with E-state index in [2.05, 4.69) is 5.92 Å². The Balaban J connectivity index is 2.68. The molecule has 0 radical (unpaired) electrons. The molecule has 0 saturated carbocycles. The summed E-state index contributed by atoms with van der Waals surface area (Å²) in [6, 6.07) is 3.25. The standard InChI is InChI=1S/C11H10O3S/c1-3-6-14-11(15-2)8-9(12)10-5-4-7-13-10/h1,4-5,7-8H,6H2,2H3/b11-8-. The van der Waals surface area contributed by atoms with E-state index in [4.69, 9.17) is 15.6 Å². The highest BCUT2D eigenvalue weighted by molar-refractivity contribution is 8.02. The van der Waals surface area contributed by atoms with Crippen LogP contribution in [0.3, 0.4) is 0 Å². The summed E-state index contributed by atoms with van der Waals surface area (Å²) in [4.78, 5) is 11.5. The van der Waals surface area contributed by atoms with Crippen LogP contribution in [0.4, 0.5) is 0 Å². The number of ether oxygens (including phenoxy) is 1. The van der Waals surface area contributed by atoms with Crippen LogP contribution in [0.5, 0.6) is 0 Å². The van der Waals surface area contributed by atoms with Gasteiger partial charge < -0.3 is 9.15 Å². The zero-order valence-corrected chi connectivity index (χ0v) is 9.04. The number of thioether (sulfide) groups is 1. The molecule has 0 N–H and O–H groups in total. The second-order valence-corrected chi connectivity index (χ2v) is 3.31. The van der Waals surface area contributed by atoms with Gasteiger partial charge in [0.05, 0.1) is 6.26 Å². The number of furan rings is 1. The summed E-state index contributed by atoms with van der Waals surface area (Å²) in [6.07, 6.45) is 9.65. The summed E-state index contributed by atoms with van der Waals surface area (Å²) < 4.78 is 10.1. The lowest BCUT2D eigenvalue weighted by Crippen LogP contribution is -1.96. The van der Waals surface area contributed by atoms with E-state index in [1.807, 2.05) is 0 Å². The van der Waals surface area contributed by atoms with Gasteiger partial charge in [-0.3, -0.25) is 4.79 Å². The lowest BCUT2D eigenvalue weighted by Gasteiger charge is -2.02. The third-order valence-electron chi connectivity index (χ3n) is 1.51. The van der Waals surface area contributed by atoms with Gasteiger partial charge in [0.25, 0.3) is 0 Å². The molecule has 3 nitrogen and oxygen atoms in total. The summed E-state index contributed by atoms with van der Waals surface area (Å²) in [7, 11) is 0. The van der Waals surface area contributed by atoms with E-state index in [0.717, 1.165) is 0 Å². The molecule has 78 valence electrons. The van der Waals surface area contributed by atoms with Crippen molar-refractivity contribution >= 4 is 17.5 Å². The molecule has 1 rings (SSSR count). The Bertz CT molecular complexity index is 384. The summed E-state index contributed by atoms with van der Waals surface area (Å²) in [5.41, 5.74) is 0. The molecule has 0 aromatic carbocycles. The maximum Gasteiger partial charge on any atom is 0.225 e. The maximum absolute atomic E-state index is 11.5. The van der Waals surface area contributed by atoms with Gasteiger partial charge in [0.1, 0.15) is 6.61 Å². The number of rotatable bonds is 5. The van der Waals surface area contributed by atoms with Crippen LogP contribution >= 0.6 is 11.8 Å². The van der Waals surface area contributed by atoms with Crippen molar-refractivity contribution in [3.63, 3.8) is 0 Å². The molecule has 0 aliphatic rings. The van der Waals surface area contributed by atoms with Crippen LogP contribution in [0.2, 0.25) is 0 Å². The lowest BCUT2D eigenvalue weighted by molar-refractivity contribution is 0.101. The number of allylic oxidation sites excluding steroid dienone is 1. The van der Waals surface area contributed by atoms with Gasteiger partial charge >= 0.3 is 0 Å². The van der Waals surface area contributed by atoms with Crippen LogP contribution in [0.25, 0.3) is 0 Å². The van der Waals surface area contributed by atoms with Gasteiger partial charge in [-0.1, -0.05) is 17.7 Å². The molecule has 0 bridgehead atoms. The summed E-state index contributed by atoms with van der Waals surface area (Å²) in [6.45, 7) is 0.151. The van der Waals surface area contributed by atoms with Gasteiger partial charge in [-0.05, 0) is 18.4 Å². The van der Waals surface area contributed by atoms with Crippen molar-refractivity contribution in [2.24, 2.45) is 0 Å². The molecular formula is C11H10O3S. The molecule has 15 heavy (non-hydrogen) atoms. The molecule has 0 amide bonds. The van der Waals surface area contributed by atoms with Crippen LogP contribution in [0.15, 0.2) is 34.0 Å². The van der Waals surface area contributed by atoms with E-state index in [-0.39, 0.29) is 18.2 Å². The van der Waals surface area contributed by atoms with Crippen molar-refractivity contribution < 1.29 is 13.9 Å². The van der Waals surface area contributed by atoms with Gasteiger partial charge in [0, 0.05) is 6.08 Å². The first-order valence-electron chi connectivity index (χ1n) is 4.17. The molecule has 1 aromatic heterocycles. The normalized spacial score (nSPS) is 10.8. The molecule has 0 saturated heterocycles. The van der Waals surface area contributed by atoms with Gasteiger partial charge in [-0.15, -0.1) is 6.42 Å². The van der Waals surface area contributed by atoms with E-state index in [1.54, 1.807) is 18.4 Å². The zero-order valence-electron chi connectivity index (χ0n) is 8.23. The maximum atomic E-state index is 11.5. The van der Waals surface area contributed by atoms with Crippen molar-refractivity contribution in [1.82, 2.24) is 0 Å². The van der Waals surface area contributed by atoms with Crippen molar-refractivity contribution in [3.05, 3.63) is 35.3 Å². The summed E-state index contributed by atoms with van der Waals surface area (Å²) in [5, 5.41) is 0.481. The smallest absolute Gasteiger partial charge is 0.225 e. The van der Waals surface area contributed by atoms with Crippen molar-refractivity contribution in [2.75, 3.05) is 12.9 Å². The zero-order chi connectivity index (χ0) is 11.1. The fraction of sp³-hybridized carbons (Fsp3) is 0.182. The average Bonchev–Trinajstić information content (AvgIpc) is 2.77. The van der Waals surface area contributed by atoms with Crippen molar-refractivity contribution in [3.8, 4) is 12.3 Å². The highest BCUT2D eigenvalue weighted by atomic mass is 32.2. The number of hydrogen-bond acceptors (Lipinski definition) is 4. The Morgan fingerprint density at radius 2 is 2.60 bits per heavy atom. The number of carbonyl (C=O) groups excluding carboxylic acids is 1. The average molecular weight is 222 g/mol. The Kier molecular flexibility index (Phi) is 4.58. The van der Waals surface area contributed by atoms with Gasteiger partial charge in [-0.2, -0.15) is 0 Å². The summed E-state index contributed by atoms with van der Waals surface area (Å²) in [5.74, 6) is 2.38. The molecule has 0 spiro atoms. The Labute approximate surface area is 92.5 Å². The Morgan fingerprint density at radius 1 is 1.80 bits per heavy atom. The minimum Gasteiger partial charge on any atom is -0.475 e. The minimum atomic E-state index is -0.235. The second-order valence-electron chi connectivity index (χ2n) is 2.50. The fourth-order valence-electron chi connectivity index (χ4n) is 0.869. The van der Waals surface area contributed by atoms with E-state index < -0.39 is 0 Å². The Morgan fingerprint density at radius 3 is 3.13 bits per heavy atom. The predicted octanol–water partition coefficient (Wildman–Crippen LogP) is 2.32. The largest absolute Gasteiger partial charge is 0.475 e. The van der Waals surface area contributed by atoms with Crippen LogP contribution < -0.4 is 0 Å². The second kappa shape index (κ2) is 5.99. The molecule has 0 fully saturated rings.